The van der Waals surface area contributed by atoms with Crippen LogP contribution in [0, 0.1) is 5.82 Å². The van der Waals surface area contributed by atoms with E-state index in [4.69, 9.17) is 5.84 Å². The molecule has 0 saturated carbocycles. The minimum Gasteiger partial charge on any atom is -0.335 e. The summed E-state index contributed by atoms with van der Waals surface area (Å²) < 4.78 is 78.0. The van der Waals surface area contributed by atoms with Gasteiger partial charge in [-0.05, 0) is 34.1 Å². The summed E-state index contributed by atoms with van der Waals surface area (Å²) in [6, 6.07) is 1.25. The molecular weight excluding hydrogens is 543 g/mol. The second-order valence-electron chi connectivity index (χ2n) is 6.36. The molecule has 0 aliphatic carbocycles. The van der Waals surface area contributed by atoms with Crippen LogP contribution in [0.25, 0.3) is 5.69 Å². The number of aromatic nitrogens is 2. The monoisotopic (exact) mass is 554 g/mol. The number of hydrogen-bond donors (Lipinski definition) is 1. The summed E-state index contributed by atoms with van der Waals surface area (Å²) in [5.74, 6) is 2.78. The van der Waals surface area contributed by atoms with Crippen molar-refractivity contribution in [3.8, 4) is 5.69 Å². The molecule has 32 heavy (non-hydrogen) atoms. The number of nitrogens with zero attached hydrogens (tertiary/aromatic N) is 3. The van der Waals surface area contributed by atoms with Gasteiger partial charge in [-0.1, -0.05) is 6.92 Å². The van der Waals surface area contributed by atoms with Crippen LogP contribution in [0.1, 0.15) is 12.6 Å². The number of hydrogen-bond acceptors (Lipinski definition) is 6. The lowest BCUT2D eigenvalue weighted by Gasteiger charge is -2.22. The Morgan fingerprint density at radius 3 is 2.28 bits per heavy atom. The van der Waals surface area contributed by atoms with Gasteiger partial charge in [0.2, 0.25) is 10.0 Å². The molecule has 1 amide bonds. The van der Waals surface area contributed by atoms with E-state index in [-0.39, 0.29) is 19.4 Å². The lowest BCUT2D eigenvalue weighted by molar-refractivity contribution is -0.143. The number of halogens is 5. The highest BCUT2D eigenvalue weighted by Gasteiger charge is 2.36. The number of anilines is 1. The van der Waals surface area contributed by atoms with Gasteiger partial charge in [-0.25, -0.2) is 31.2 Å². The van der Waals surface area contributed by atoms with Gasteiger partial charge in [0, 0.05) is 10.5 Å². The maximum atomic E-state index is 14.6. The molecule has 9 nitrogen and oxygen atoms in total. The fourth-order valence-electron chi connectivity index (χ4n) is 2.56. The maximum absolute atomic E-state index is 14.6. The van der Waals surface area contributed by atoms with Crippen LogP contribution < -0.4 is 21.4 Å². The first-order chi connectivity index (χ1) is 14.5. The topological polar surface area (TPSA) is 124 Å². The Bertz CT molecular complexity index is 1360. The number of nitrogen functional groups attached to an aromatic ring is 1. The summed E-state index contributed by atoms with van der Waals surface area (Å²) in [5.41, 5.74) is -6.56. The van der Waals surface area contributed by atoms with Gasteiger partial charge in [0.15, 0.2) is 22.0 Å². The molecule has 2 N–H and O–H groups in total. The van der Waals surface area contributed by atoms with Crippen molar-refractivity contribution in [1.82, 2.24) is 9.24 Å². The maximum Gasteiger partial charge on any atom is 0.433 e. The number of carbonyl (C=O) groups is 1. The van der Waals surface area contributed by atoms with E-state index >= 15 is 0 Å². The van der Waals surface area contributed by atoms with Gasteiger partial charge in [-0.2, -0.15) is 17.6 Å². The molecule has 0 aliphatic heterocycles. The summed E-state index contributed by atoms with van der Waals surface area (Å²) in [5, 5.41) is 0. The number of allylic oxidation sites excluding steroid dienone is 1. The highest BCUT2D eigenvalue weighted by molar-refractivity contribution is 9.10. The Hall–Kier alpha value is -2.41. The van der Waals surface area contributed by atoms with Gasteiger partial charge in [0.25, 0.3) is 11.5 Å². The summed E-state index contributed by atoms with van der Waals surface area (Å²) >= 11 is 5.06. The molecule has 0 aliphatic rings. The normalized spacial score (nSPS) is 12.7. The Labute approximate surface area is 194 Å². The third-order valence-corrected chi connectivity index (χ3v) is 5.63. The van der Waals surface area contributed by atoms with Crippen molar-refractivity contribution in [3.63, 3.8) is 0 Å². The van der Waals surface area contributed by atoms with Gasteiger partial charge in [-0.15, -0.1) is 0 Å². The lowest BCUT2D eigenvalue weighted by Crippen LogP contribution is -2.45. The molecule has 1 aromatic heterocycles. The summed E-state index contributed by atoms with van der Waals surface area (Å²) in [6.07, 6.45) is -3.56. The van der Waals surface area contributed by atoms with Gasteiger partial charge < -0.3 is 5.84 Å². The number of sulfonamides is 1. The molecule has 0 saturated heterocycles. The molecule has 1 aromatic carbocycles. The van der Waals surface area contributed by atoms with E-state index in [1.54, 1.807) is 0 Å². The van der Waals surface area contributed by atoms with Crippen molar-refractivity contribution in [2.75, 3.05) is 16.4 Å². The van der Waals surface area contributed by atoms with Crippen molar-refractivity contribution in [3.05, 3.63) is 65.5 Å². The number of carbonyl (C=O) groups excluding carboxylic acids is 1. The number of nitrogens with two attached hydrogens (primary N) is 1. The van der Waals surface area contributed by atoms with E-state index in [9.17, 15) is 40.4 Å². The fraction of sp³-hybridized carbons (Fsp3) is 0.188. The molecule has 2 radical (unpaired) electrons. The second-order valence-corrected chi connectivity index (χ2v) is 9.96. The van der Waals surface area contributed by atoms with E-state index in [0.29, 0.717) is 22.8 Å². The van der Waals surface area contributed by atoms with Crippen LogP contribution in [0.3, 0.4) is 0 Å². The molecule has 2 rings (SSSR count). The van der Waals surface area contributed by atoms with Crippen LogP contribution in [0.2, 0.25) is 0 Å². The standard InChI is InChI=1S/C16H12BrF4N4O5S.Al/c1-3-4-13(26)25(31(2,29)30)10-6-11(9(18)5-8(10)17)23-14(27)7-12(16(19,20)21)24(22)15(23)28;/h4-7H,22H2,1-2H3;. The van der Waals surface area contributed by atoms with Gasteiger partial charge >= 0.3 is 11.9 Å². The average molecular weight is 555 g/mol. The van der Waals surface area contributed by atoms with E-state index in [0.717, 1.165) is 6.08 Å². The van der Waals surface area contributed by atoms with Crippen molar-refractivity contribution in [2.24, 2.45) is 0 Å². The van der Waals surface area contributed by atoms with Gasteiger partial charge in [-0.3, -0.25) is 9.59 Å². The fourth-order valence-corrected chi connectivity index (χ4v) is 4.20. The Morgan fingerprint density at radius 2 is 1.81 bits per heavy atom. The largest absolute Gasteiger partial charge is 0.433 e. The minimum absolute atomic E-state index is 0.0254. The SMILES string of the molecule is C/[C]([Al])=C\C(=O)N(c1cc(-n2c(=O)cc(C(F)(F)F)n(N)c2=O)c(F)cc1Br)S(C)(=O)=O. The zero-order chi connectivity index (χ0) is 24.8. The Kier molecular flexibility index (Phi) is 7.15. The van der Waals surface area contributed by atoms with Crippen LogP contribution >= 0.6 is 15.9 Å². The molecule has 1 heterocycles. The van der Waals surface area contributed by atoms with Crippen molar-refractivity contribution >= 4 is 53.8 Å². The van der Waals surface area contributed by atoms with E-state index in [1.807, 2.05) is 0 Å². The molecule has 2 aromatic rings. The molecule has 0 fully saturated rings. The molecule has 0 atom stereocenters. The lowest BCUT2D eigenvalue weighted by atomic mass is 10.2. The molecule has 0 bridgehead atoms. The molecular formula is C16H12AlBrF4N4O5S. The predicted molar refractivity (Wildman–Crippen MR) is 111 cm³/mol. The van der Waals surface area contributed by atoms with Crippen LogP contribution in [0.4, 0.5) is 23.2 Å². The first kappa shape index (κ1) is 25.8. The number of alkyl halides is 3. The summed E-state index contributed by atoms with van der Waals surface area (Å²) in [7, 11) is -4.32. The summed E-state index contributed by atoms with van der Waals surface area (Å²) in [6.45, 7) is 1.47. The smallest absolute Gasteiger partial charge is 0.335 e. The first-order valence-corrected chi connectivity index (χ1v) is 11.4. The average Bonchev–Trinajstić information content (AvgIpc) is 2.58. The second kappa shape index (κ2) is 8.85. The first-order valence-electron chi connectivity index (χ1n) is 8.15. The van der Waals surface area contributed by atoms with E-state index in [1.165, 1.54) is 6.92 Å². The highest BCUT2D eigenvalue weighted by atomic mass is 79.9. The van der Waals surface area contributed by atoms with Gasteiger partial charge in [0.05, 0.1) is 17.6 Å². The zero-order valence-electron chi connectivity index (χ0n) is 16.1. The van der Waals surface area contributed by atoms with Crippen molar-refractivity contribution in [2.45, 2.75) is 13.1 Å². The van der Waals surface area contributed by atoms with Crippen molar-refractivity contribution in [1.29, 1.82) is 0 Å². The van der Waals surface area contributed by atoms with Gasteiger partial charge in [0.1, 0.15) is 5.82 Å². The number of benzene rings is 1. The zero-order valence-corrected chi connectivity index (χ0v) is 19.7. The van der Waals surface area contributed by atoms with E-state index < -0.39 is 60.9 Å². The van der Waals surface area contributed by atoms with E-state index in [2.05, 4.69) is 32.2 Å². The van der Waals surface area contributed by atoms with Crippen LogP contribution in [0.5, 0.6) is 0 Å². The number of amides is 1. The van der Waals surface area contributed by atoms with Crippen LogP contribution in [-0.2, 0) is 21.0 Å². The predicted octanol–water partition coefficient (Wildman–Crippen LogP) is 0.998. The van der Waals surface area contributed by atoms with Crippen molar-refractivity contribution < 1.29 is 30.8 Å². The minimum atomic E-state index is -5.16. The third-order valence-electron chi connectivity index (χ3n) is 3.79. The quantitative estimate of drug-likeness (QED) is 0.260. The Balaban J connectivity index is 2.92. The summed E-state index contributed by atoms with van der Waals surface area (Å²) in [4.78, 5) is 37.1. The highest BCUT2D eigenvalue weighted by Crippen LogP contribution is 2.33. The van der Waals surface area contributed by atoms with Crippen LogP contribution in [0.15, 0.2) is 42.8 Å². The third kappa shape index (κ3) is 5.14. The number of rotatable bonds is 4. The molecule has 0 unspecified atom stereocenters. The van der Waals surface area contributed by atoms with Crippen LogP contribution in [-0.4, -0.2) is 46.1 Å². The molecule has 16 heteroatoms. The molecule has 0 spiro atoms. The molecule has 170 valence electrons. The Morgan fingerprint density at radius 1 is 1.25 bits per heavy atom.